The molecule has 0 saturated carbocycles. The fourth-order valence-electron chi connectivity index (χ4n) is 1.01. The number of nitrogens with two attached hydrogens (primary N) is 1. The lowest BCUT2D eigenvalue weighted by Gasteiger charge is -2.07. The Hall–Kier alpha value is -0.810. The zero-order valence-corrected chi connectivity index (χ0v) is 8.31. The molecule has 0 radical (unpaired) electrons. The highest BCUT2D eigenvalue weighted by atomic mass is 79.9. The van der Waals surface area contributed by atoms with Crippen molar-refractivity contribution in [3.63, 3.8) is 0 Å². The summed E-state index contributed by atoms with van der Waals surface area (Å²) in [6.45, 7) is 0.278. The molecule has 0 spiro atoms. The van der Waals surface area contributed by atoms with Crippen LogP contribution in [-0.2, 0) is 6.42 Å². The molecule has 1 rings (SSSR count). The second-order valence-corrected chi connectivity index (χ2v) is 3.35. The Morgan fingerprint density at radius 2 is 2.08 bits per heavy atom. The molecule has 1 aromatic carbocycles. The van der Waals surface area contributed by atoms with Crippen molar-refractivity contribution in [3.8, 4) is 11.5 Å². The van der Waals surface area contributed by atoms with E-state index in [1.54, 1.807) is 0 Å². The summed E-state index contributed by atoms with van der Waals surface area (Å²) in [5, 5.41) is 18.3. The van der Waals surface area contributed by atoms with Crippen molar-refractivity contribution in [1.82, 2.24) is 0 Å². The highest BCUT2D eigenvalue weighted by Gasteiger charge is 2.14. The summed E-state index contributed by atoms with van der Waals surface area (Å²) in [5.74, 6) is -1.41. The van der Waals surface area contributed by atoms with E-state index in [1.165, 1.54) is 0 Å². The van der Waals surface area contributed by atoms with Crippen LogP contribution in [0.4, 0.5) is 4.39 Å². The Morgan fingerprint density at radius 3 is 2.62 bits per heavy atom. The number of hydrogen-bond acceptors (Lipinski definition) is 3. The van der Waals surface area contributed by atoms with E-state index < -0.39 is 11.6 Å². The number of halogens is 2. The van der Waals surface area contributed by atoms with E-state index in [-0.39, 0.29) is 22.3 Å². The molecule has 72 valence electrons. The standard InChI is InChI=1S/C8H9BrFNO2/c9-7-4(1-2-11)5(10)3-6(12)8(7)13/h3,12-13H,1-2,11H2. The van der Waals surface area contributed by atoms with Crippen LogP contribution in [0.1, 0.15) is 5.56 Å². The van der Waals surface area contributed by atoms with Crippen molar-refractivity contribution >= 4 is 15.9 Å². The van der Waals surface area contributed by atoms with Gasteiger partial charge in [0, 0.05) is 11.6 Å². The Bertz CT molecular complexity index is 330. The van der Waals surface area contributed by atoms with Crippen molar-refractivity contribution in [3.05, 3.63) is 21.9 Å². The fraction of sp³-hybridized carbons (Fsp3) is 0.250. The van der Waals surface area contributed by atoms with E-state index in [9.17, 15) is 9.50 Å². The van der Waals surface area contributed by atoms with Crippen molar-refractivity contribution in [1.29, 1.82) is 0 Å². The summed E-state index contributed by atoms with van der Waals surface area (Å²) in [6, 6.07) is 0.866. The Balaban J connectivity index is 3.26. The molecule has 0 aliphatic heterocycles. The van der Waals surface area contributed by atoms with Gasteiger partial charge >= 0.3 is 0 Å². The number of rotatable bonds is 2. The molecule has 0 amide bonds. The molecule has 0 fully saturated rings. The zero-order valence-electron chi connectivity index (χ0n) is 6.72. The highest BCUT2D eigenvalue weighted by Crippen LogP contribution is 2.37. The first-order valence-electron chi connectivity index (χ1n) is 3.66. The maximum atomic E-state index is 13.1. The molecule has 4 N–H and O–H groups in total. The molecule has 3 nitrogen and oxygen atoms in total. The Kier molecular flexibility index (Phi) is 3.11. The van der Waals surface area contributed by atoms with E-state index in [4.69, 9.17) is 10.8 Å². The smallest absolute Gasteiger partial charge is 0.172 e. The van der Waals surface area contributed by atoms with Gasteiger partial charge in [-0.1, -0.05) is 0 Å². The van der Waals surface area contributed by atoms with Crippen molar-refractivity contribution in [2.45, 2.75) is 6.42 Å². The maximum Gasteiger partial charge on any atom is 0.172 e. The van der Waals surface area contributed by atoms with Gasteiger partial charge in [-0.15, -0.1) is 0 Å². The molecule has 5 heteroatoms. The topological polar surface area (TPSA) is 66.5 Å². The number of benzene rings is 1. The molecule has 0 saturated heterocycles. The zero-order chi connectivity index (χ0) is 10.0. The summed E-state index contributed by atoms with van der Waals surface area (Å²) in [5.41, 5.74) is 5.53. The third-order valence-corrected chi connectivity index (χ3v) is 2.52. The van der Waals surface area contributed by atoms with Gasteiger partial charge in [0.2, 0.25) is 0 Å². The summed E-state index contributed by atoms with van der Waals surface area (Å²) in [4.78, 5) is 0. The van der Waals surface area contributed by atoms with Crippen molar-refractivity contribution in [2.24, 2.45) is 5.73 Å². The van der Waals surface area contributed by atoms with Crippen LogP contribution in [0.5, 0.6) is 11.5 Å². The van der Waals surface area contributed by atoms with Crippen LogP contribution in [0, 0.1) is 5.82 Å². The molecule has 0 atom stereocenters. The molecule has 0 unspecified atom stereocenters. The second kappa shape index (κ2) is 3.93. The van der Waals surface area contributed by atoms with Crippen LogP contribution in [0.3, 0.4) is 0 Å². The predicted molar refractivity (Wildman–Crippen MR) is 50.2 cm³/mol. The molecular formula is C8H9BrFNO2. The first kappa shape index (κ1) is 10.3. The average Bonchev–Trinajstić information content (AvgIpc) is 2.09. The van der Waals surface area contributed by atoms with Gasteiger partial charge in [-0.2, -0.15) is 0 Å². The van der Waals surface area contributed by atoms with Crippen LogP contribution in [0.2, 0.25) is 0 Å². The normalized spacial score (nSPS) is 10.4. The van der Waals surface area contributed by atoms with E-state index in [0.717, 1.165) is 6.07 Å². The lowest BCUT2D eigenvalue weighted by molar-refractivity contribution is 0.396. The molecule has 0 bridgehead atoms. The fourth-order valence-corrected chi connectivity index (χ4v) is 1.60. The summed E-state index contributed by atoms with van der Waals surface area (Å²) >= 11 is 2.98. The first-order valence-corrected chi connectivity index (χ1v) is 4.46. The second-order valence-electron chi connectivity index (χ2n) is 2.56. The molecule has 0 aliphatic rings. The maximum absolute atomic E-state index is 13.1. The minimum Gasteiger partial charge on any atom is -0.504 e. The molecule has 13 heavy (non-hydrogen) atoms. The van der Waals surface area contributed by atoms with Crippen LogP contribution in [-0.4, -0.2) is 16.8 Å². The van der Waals surface area contributed by atoms with Crippen LogP contribution >= 0.6 is 15.9 Å². The largest absolute Gasteiger partial charge is 0.504 e. The van der Waals surface area contributed by atoms with Gasteiger partial charge in [-0.25, -0.2) is 4.39 Å². The number of phenols is 2. The monoisotopic (exact) mass is 249 g/mol. The predicted octanol–water partition coefficient (Wildman–Crippen LogP) is 1.50. The van der Waals surface area contributed by atoms with Gasteiger partial charge in [0.25, 0.3) is 0 Å². The summed E-state index contributed by atoms with van der Waals surface area (Å²) < 4.78 is 13.3. The molecule has 0 aromatic heterocycles. The van der Waals surface area contributed by atoms with E-state index in [0.29, 0.717) is 6.42 Å². The average molecular weight is 250 g/mol. The summed E-state index contributed by atoms with van der Waals surface area (Å²) in [6.07, 6.45) is 0.306. The van der Waals surface area contributed by atoms with Crippen molar-refractivity contribution < 1.29 is 14.6 Å². The highest BCUT2D eigenvalue weighted by molar-refractivity contribution is 9.10. The number of aromatic hydroxyl groups is 2. The van der Waals surface area contributed by atoms with Gasteiger partial charge in [0.05, 0.1) is 4.47 Å². The van der Waals surface area contributed by atoms with Crippen molar-refractivity contribution in [2.75, 3.05) is 6.54 Å². The van der Waals surface area contributed by atoms with E-state index in [2.05, 4.69) is 15.9 Å². The summed E-state index contributed by atoms with van der Waals surface area (Å²) in [7, 11) is 0. The van der Waals surface area contributed by atoms with Gasteiger partial charge in [-0.05, 0) is 28.9 Å². The Labute approximate surface area is 83.1 Å². The van der Waals surface area contributed by atoms with Gasteiger partial charge in [0.1, 0.15) is 5.82 Å². The molecule has 1 aromatic rings. The third kappa shape index (κ3) is 1.92. The minimum absolute atomic E-state index is 0.162. The van der Waals surface area contributed by atoms with E-state index in [1.807, 2.05) is 0 Å². The van der Waals surface area contributed by atoms with Crippen LogP contribution < -0.4 is 5.73 Å². The van der Waals surface area contributed by atoms with Gasteiger partial charge < -0.3 is 15.9 Å². The van der Waals surface area contributed by atoms with Crippen LogP contribution in [0.15, 0.2) is 10.5 Å². The lowest BCUT2D eigenvalue weighted by atomic mass is 10.1. The van der Waals surface area contributed by atoms with E-state index >= 15 is 0 Å². The quantitative estimate of drug-likeness (QED) is 0.697. The lowest BCUT2D eigenvalue weighted by Crippen LogP contribution is -2.05. The molecule has 0 heterocycles. The van der Waals surface area contributed by atoms with Gasteiger partial charge in [-0.3, -0.25) is 0 Å². The SMILES string of the molecule is NCCc1c(F)cc(O)c(O)c1Br. The Morgan fingerprint density at radius 1 is 1.46 bits per heavy atom. The van der Waals surface area contributed by atoms with Crippen LogP contribution in [0.25, 0.3) is 0 Å². The van der Waals surface area contributed by atoms with Gasteiger partial charge in [0.15, 0.2) is 11.5 Å². The molecular weight excluding hydrogens is 241 g/mol. The first-order chi connectivity index (χ1) is 6.07. The molecule has 0 aliphatic carbocycles. The minimum atomic E-state index is -0.576. The number of hydrogen-bond donors (Lipinski definition) is 3. The third-order valence-electron chi connectivity index (χ3n) is 1.66. The number of phenolic OH excluding ortho intramolecular Hbond substituents is 2.